The quantitative estimate of drug-likeness (QED) is 0.862. The van der Waals surface area contributed by atoms with Gasteiger partial charge in [0.05, 0.1) is 0 Å². The van der Waals surface area contributed by atoms with Gasteiger partial charge in [-0.3, -0.25) is 0 Å². The second-order valence-electron chi connectivity index (χ2n) is 6.70. The number of hydrogen-bond donors (Lipinski definition) is 1. The number of rotatable bonds is 3. The van der Waals surface area contributed by atoms with Gasteiger partial charge in [0.15, 0.2) is 5.82 Å². The van der Waals surface area contributed by atoms with Crippen LogP contribution in [0.2, 0.25) is 0 Å². The molecule has 0 bridgehead atoms. The van der Waals surface area contributed by atoms with E-state index in [1.54, 1.807) is 7.11 Å². The van der Waals surface area contributed by atoms with Gasteiger partial charge >= 0.3 is 0 Å². The number of nitrogens with one attached hydrogen (secondary N) is 1. The summed E-state index contributed by atoms with van der Waals surface area (Å²) in [5.74, 6) is 0.815. The molecule has 0 fully saturated rings. The molecule has 0 amide bonds. The number of aromatic nitrogens is 2. The first-order valence-corrected chi connectivity index (χ1v) is 7.53. The number of fused-ring (bicyclic) bond motifs is 1. The zero-order valence-electron chi connectivity index (χ0n) is 13.4. The van der Waals surface area contributed by atoms with Crippen LogP contribution in [0.1, 0.15) is 69.3 Å². The standard InChI is InChI=1S/C16H27N3O/c1-16(2,3)14(20-5)15-18-10-11-12(17-4)8-6-7-9-13(11)19-15/h10,12,14,17H,6-9H2,1-5H3. The van der Waals surface area contributed by atoms with E-state index < -0.39 is 0 Å². The Morgan fingerprint density at radius 2 is 2.10 bits per heavy atom. The molecular formula is C16H27N3O. The summed E-state index contributed by atoms with van der Waals surface area (Å²) in [7, 11) is 3.75. The zero-order valence-corrected chi connectivity index (χ0v) is 13.4. The van der Waals surface area contributed by atoms with Crippen molar-refractivity contribution in [3.8, 4) is 0 Å². The van der Waals surface area contributed by atoms with Gasteiger partial charge in [0.25, 0.3) is 0 Å². The van der Waals surface area contributed by atoms with Crippen molar-refractivity contribution in [3.63, 3.8) is 0 Å². The summed E-state index contributed by atoms with van der Waals surface area (Å²) in [4.78, 5) is 9.43. The molecule has 1 aromatic heterocycles. The largest absolute Gasteiger partial charge is 0.373 e. The van der Waals surface area contributed by atoms with Crippen LogP contribution in [0.25, 0.3) is 0 Å². The Hall–Kier alpha value is -1.00. The first kappa shape index (κ1) is 15.4. The van der Waals surface area contributed by atoms with Crippen LogP contribution in [0, 0.1) is 5.41 Å². The minimum Gasteiger partial charge on any atom is -0.373 e. The smallest absolute Gasteiger partial charge is 0.157 e. The van der Waals surface area contributed by atoms with Gasteiger partial charge < -0.3 is 10.1 Å². The van der Waals surface area contributed by atoms with Gasteiger partial charge in [-0.05, 0) is 31.7 Å². The van der Waals surface area contributed by atoms with Crippen LogP contribution >= 0.6 is 0 Å². The average Bonchev–Trinajstić information content (AvgIpc) is 2.59. The fourth-order valence-electron chi connectivity index (χ4n) is 3.00. The molecule has 0 radical (unpaired) electrons. The number of nitrogens with zero attached hydrogens (tertiary/aromatic N) is 2. The topological polar surface area (TPSA) is 47.0 Å². The van der Waals surface area contributed by atoms with Crippen molar-refractivity contribution in [3.05, 3.63) is 23.3 Å². The number of hydrogen-bond acceptors (Lipinski definition) is 4. The predicted octanol–water partition coefficient (Wildman–Crippen LogP) is 3.20. The highest BCUT2D eigenvalue weighted by molar-refractivity contribution is 5.24. The van der Waals surface area contributed by atoms with Crippen LogP contribution in [0.5, 0.6) is 0 Å². The Morgan fingerprint density at radius 1 is 1.35 bits per heavy atom. The molecule has 1 aliphatic rings. The lowest BCUT2D eigenvalue weighted by Crippen LogP contribution is -2.24. The lowest BCUT2D eigenvalue weighted by Gasteiger charge is -2.28. The van der Waals surface area contributed by atoms with Gasteiger partial charge in [-0.15, -0.1) is 0 Å². The molecule has 2 rings (SSSR count). The van der Waals surface area contributed by atoms with Crippen molar-refractivity contribution in [2.45, 2.75) is 58.6 Å². The highest BCUT2D eigenvalue weighted by Gasteiger charge is 2.30. The molecule has 0 aromatic carbocycles. The van der Waals surface area contributed by atoms with Crippen LogP contribution in [-0.4, -0.2) is 24.1 Å². The van der Waals surface area contributed by atoms with Crippen molar-refractivity contribution in [2.75, 3.05) is 14.2 Å². The lowest BCUT2D eigenvalue weighted by molar-refractivity contribution is 0.00845. The highest BCUT2D eigenvalue weighted by atomic mass is 16.5. The monoisotopic (exact) mass is 277 g/mol. The molecule has 0 saturated heterocycles. The number of methoxy groups -OCH3 is 1. The molecule has 4 heteroatoms. The molecule has 112 valence electrons. The number of aryl methyl sites for hydroxylation is 1. The van der Waals surface area contributed by atoms with Gasteiger partial charge in [0.1, 0.15) is 6.10 Å². The fraction of sp³-hybridized carbons (Fsp3) is 0.750. The molecule has 1 heterocycles. The first-order chi connectivity index (χ1) is 9.47. The molecule has 1 aliphatic carbocycles. The van der Waals surface area contributed by atoms with Crippen LogP contribution in [-0.2, 0) is 11.2 Å². The Labute approximate surface area is 122 Å². The minimum absolute atomic E-state index is 0.00385. The van der Waals surface area contributed by atoms with Gasteiger partial charge in [0.2, 0.25) is 0 Å². The van der Waals surface area contributed by atoms with Gasteiger partial charge in [-0.2, -0.15) is 0 Å². The molecule has 4 nitrogen and oxygen atoms in total. The Kier molecular flexibility index (Phi) is 4.76. The third-order valence-corrected chi connectivity index (χ3v) is 4.06. The van der Waals surface area contributed by atoms with E-state index in [2.05, 4.69) is 31.1 Å². The predicted molar refractivity (Wildman–Crippen MR) is 80.6 cm³/mol. The molecule has 0 saturated carbocycles. The minimum atomic E-state index is -0.0657. The summed E-state index contributed by atoms with van der Waals surface area (Å²) in [6, 6.07) is 0.386. The normalized spacial score (nSPS) is 21.1. The molecule has 20 heavy (non-hydrogen) atoms. The third kappa shape index (κ3) is 3.18. The van der Waals surface area contributed by atoms with Crippen molar-refractivity contribution < 1.29 is 4.74 Å². The zero-order chi connectivity index (χ0) is 14.8. The Balaban J connectivity index is 2.37. The SMILES string of the molecule is CNC1CCCCc2nc(C(OC)C(C)(C)C)ncc21. The lowest BCUT2D eigenvalue weighted by atomic mass is 9.88. The molecule has 0 spiro atoms. The van der Waals surface area contributed by atoms with Crippen LogP contribution < -0.4 is 5.32 Å². The van der Waals surface area contributed by atoms with E-state index in [4.69, 9.17) is 9.72 Å². The molecule has 0 aliphatic heterocycles. The van der Waals surface area contributed by atoms with E-state index in [1.165, 1.54) is 30.5 Å². The molecule has 2 unspecified atom stereocenters. The molecule has 1 N–H and O–H groups in total. The highest BCUT2D eigenvalue weighted by Crippen LogP contribution is 2.35. The summed E-state index contributed by atoms with van der Waals surface area (Å²) in [6.45, 7) is 6.48. The van der Waals surface area contributed by atoms with Crippen LogP contribution in [0.4, 0.5) is 0 Å². The Morgan fingerprint density at radius 3 is 2.70 bits per heavy atom. The maximum Gasteiger partial charge on any atom is 0.157 e. The van der Waals surface area contributed by atoms with Crippen molar-refractivity contribution in [1.29, 1.82) is 0 Å². The summed E-state index contributed by atoms with van der Waals surface area (Å²) >= 11 is 0. The summed E-state index contributed by atoms with van der Waals surface area (Å²) < 4.78 is 5.64. The second-order valence-corrected chi connectivity index (χ2v) is 6.70. The first-order valence-electron chi connectivity index (χ1n) is 7.53. The van der Waals surface area contributed by atoms with Crippen LogP contribution in [0.3, 0.4) is 0 Å². The summed E-state index contributed by atoms with van der Waals surface area (Å²) in [6.07, 6.45) is 6.59. The summed E-state index contributed by atoms with van der Waals surface area (Å²) in [5.41, 5.74) is 2.45. The summed E-state index contributed by atoms with van der Waals surface area (Å²) in [5, 5.41) is 3.38. The molecule has 1 aromatic rings. The van der Waals surface area contributed by atoms with E-state index in [-0.39, 0.29) is 11.5 Å². The van der Waals surface area contributed by atoms with E-state index in [9.17, 15) is 0 Å². The van der Waals surface area contributed by atoms with Crippen molar-refractivity contribution >= 4 is 0 Å². The number of ether oxygens (including phenoxy) is 1. The Bertz CT molecular complexity index is 454. The average molecular weight is 277 g/mol. The van der Waals surface area contributed by atoms with Crippen molar-refractivity contribution in [2.24, 2.45) is 5.41 Å². The fourth-order valence-corrected chi connectivity index (χ4v) is 3.00. The molecule has 2 atom stereocenters. The van der Waals surface area contributed by atoms with E-state index >= 15 is 0 Å². The van der Waals surface area contributed by atoms with Crippen LogP contribution in [0.15, 0.2) is 6.20 Å². The second kappa shape index (κ2) is 6.19. The third-order valence-electron chi connectivity index (χ3n) is 4.06. The maximum atomic E-state index is 5.64. The van der Waals surface area contributed by atoms with E-state index in [1.807, 2.05) is 13.2 Å². The molecular weight excluding hydrogens is 250 g/mol. The van der Waals surface area contributed by atoms with Crippen molar-refractivity contribution in [1.82, 2.24) is 15.3 Å². The van der Waals surface area contributed by atoms with Gasteiger partial charge in [-0.25, -0.2) is 9.97 Å². The van der Waals surface area contributed by atoms with E-state index in [0.717, 1.165) is 12.2 Å². The van der Waals surface area contributed by atoms with E-state index in [0.29, 0.717) is 6.04 Å². The van der Waals surface area contributed by atoms with Gasteiger partial charge in [0, 0.05) is 30.6 Å². The van der Waals surface area contributed by atoms with Gasteiger partial charge in [-0.1, -0.05) is 27.2 Å². The maximum absolute atomic E-state index is 5.64.